The zero-order chi connectivity index (χ0) is 13.7. The van der Waals surface area contributed by atoms with Crippen molar-refractivity contribution in [1.29, 1.82) is 0 Å². The van der Waals surface area contributed by atoms with Crippen LogP contribution in [0.4, 0.5) is 0 Å². The Labute approximate surface area is 115 Å². The van der Waals surface area contributed by atoms with Crippen molar-refractivity contribution >= 4 is 5.91 Å². The summed E-state index contributed by atoms with van der Waals surface area (Å²) in [7, 11) is 0. The monoisotopic (exact) mass is 270 g/mol. The van der Waals surface area contributed by atoms with Gasteiger partial charge in [0.2, 0.25) is 5.91 Å². The van der Waals surface area contributed by atoms with E-state index in [-0.39, 0.29) is 24.1 Å². The molecule has 1 atom stereocenters. The van der Waals surface area contributed by atoms with E-state index in [1.165, 1.54) is 0 Å². The van der Waals surface area contributed by atoms with E-state index in [2.05, 4.69) is 17.6 Å². The molecule has 1 aliphatic heterocycles. The van der Waals surface area contributed by atoms with Gasteiger partial charge in [-0.15, -0.1) is 0 Å². The van der Waals surface area contributed by atoms with E-state index in [0.717, 1.165) is 38.8 Å². The molecule has 0 radical (unpaired) electrons. The predicted octanol–water partition coefficient (Wildman–Crippen LogP) is 0.422. The summed E-state index contributed by atoms with van der Waals surface area (Å²) in [6.45, 7) is 4.39. The first-order valence-corrected chi connectivity index (χ1v) is 7.36. The fraction of sp³-hybridized carbons (Fsp3) is 0.929. The van der Waals surface area contributed by atoms with Crippen LogP contribution in [0.15, 0.2) is 0 Å². The van der Waals surface area contributed by atoms with Gasteiger partial charge in [-0.05, 0) is 31.6 Å². The molecule has 0 aromatic rings. The molecule has 0 bridgehead atoms. The van der Waals surface area contributed by atoms with Crippen LogP contribution in [0.25, 0.3) is 0 Å². The van der Waals surface area contributed by atoms with Crippen LogP contribution >= 0.6 is 0 Å². The van der Waals surface area contributed by atoms with Crippen molar-refractivity contribution in [1.82, 2.24) is 10.6 Å². The zero-order valence-corrected chi connectivity index (χ0v) is 11.8. The van der Waals surface area contributed by atoms with Gasteiger partial charge in [0, 0.05) is 19.0 Å². The molecular weight excluding hydrogens is 244 g/mol. The molecule has 5 nitrogen and oxygen atoms in total. The molecule has 110 valence electrons. The van der Waals surface area contributed by atoms with Crippen LogP contribution in [-0.2, 0) is 9.53 Å². The second kappa shape index (κ2) is 6.68. The normalized spacial score (nSPS) is 35.9. The van der Waals surface area contributed by atoms with Gasteiger partial charge in [0.25, 0.3) is 0 Å². The molecule has 1 saturated heterocycles. The third kappa shape index (κ3) is 4.16. The van der Waals surface area contributed by atoms with Crippen molar-refractivity contribution in [3.05, 3.63) is 0 Å². The highest BCUT2D eigenvalue weighted by Crippen LogP contribution is 2.31. The lowest BCUT2D eigenvalue weighted by atomic mass is 9.77. The topological polar surface area (TPSA) is 70.6 Å². The molecule has 19 heavy (non-hydrogen) atoms. The summed E-state index contributed by atoms with van der Waals surface area (Å²) in [5.41, 5.74) is -0.390. The number of rotatable bonds is 4. The SMILES string of the molecule is CC1CCC(CO)(NC(=O)CC2COCCN2)CC1. The Morgan fingerprint density at radius 3 is 2.79 bits per heavy atom. The lowest BCUT2D eigenvalue weighted by Gasteiger charge is -2.39. The minimum atomic E-state index is -0.390. The summed E-state index contributed by atoms with van der Waals surface area (Å²) in [4.78, 5) is 12.1. The van der Waals surface area contributed by atoms with Gasteiger partial charge in [-0.1, -0.05) is 6.92 Å². The molecule has 0 aromatic carbocycles. The lowest BCUT2D eigenvalue weighted by Crippen LogP contribution is -2.55. The van der Waals surface area contributed by atoms with Gasteiger partial charge in [0.05, 0.1) is 25.4 Å². The quantitative estimate of drug-likeness (QED) is 0.692. The number of nitrogens with one attached hydrogen (secondary N) is 2. The summed E-state index contributed by atoms with van der Waals surface area (Å²) in [6.07, 6.45) is 4.34. The van der Waals surface area contributed by atoms with E-state index in [4.69, 9.17) is 4.74 Å². The number of hydrogen-bond donors (Lipinski definition) is 3. The maximum atomic E-state index is 12.1. The molecule has 2 rings (SSSR count). The molecule has 2 fully saturated rings. The van der Waals surface area contributed by atoms with Crippen molar-refractivity contribution in [3.8, 4) is 0 Å². The van der Waals surface area contributed by atoms with Crippen LogP contribution in [0, 0.1) is 5.92 Å². The van der Waals surface area contributed by atoms with Gasteiger partial charge in [-0.25, -0.2) is 0 Å². The van der Waals surface area contributed by atoms with Crippen molar-refractivity contribution in [2.45, 2.75) is 50.6 Å². The van der Waals surface area contributed by atoms with E-state index in [9.17, 15) is 9.90 Å². The van der Waals surface area contributed by atoms with Crippen LogP contribution in [0.3, 0.4) is 0 Å². The largest absolute Gasteiger partial charge is 0.394 e. The highest BCUT2D eigenvalue weighted by atomic mass is 16.5. The van der Waals surface area contributed by atoms with Crippen molar-refractivity contribution in [2.24, 2.45) is 5.92 Å². The third-order valence-electron chi connectivity index (χ3n) is 4.37. The van der Waals surface area contributed by atoms with Crippen molar-refractivity contribution in [2.75, 3.05) is 26.4 Å². The van der Waals surface area contributed by atoms with Gasteiger partial charge in [0.1, 0.15) is 0 Å². The maximum Gasteiger partial charge on any atom is 0.222 e. The number of carbonyl (C=O) groups is 1. The summed E-state index contributed by atoms with van der Waals surface area (Å²) in [5.74, 6) is 0.719. The molecular formula is C14H26N2O3. The average Bonchev–Trinajstić information content (AvgIpc) is 2.43. The predicted molar refractivity (Wildman–Crippen MR) is 72.8 cm³/mol. The number of amides is 1. The van der Waals surface area contributed by atoms with Gasteiger partial charge >= 0.3 is 0 Å². The van der Waals surface area contributed by atoms with Crippen LogP contribution < -0.4 is 10.6 Å². The minimum absolute atomic E-state index is 0.0200. The van der Waals surface area contributed by atoms with Crippen molar-refractivity contribution < 1.29 is 14.6 Å². The smallest absolute Gasteiger partial charge is 0.222 e. The fourth-order valence-electron chi connectivity index (χ4n) is 2.96. The molecule has 5 heteroatoms. The van der Waals surface area contributed by atoms with Gasteiger partial charge in [-0.3, -0.25) is 4.79 Å². The molecule has 1 aliphatic carbocycles. The second-order valence-corrected chi connectivity index (χ2v) is 6.10. The van der Waals surface area contributed by atoms with Crippen molar-refractivity contribution in [3.63, 3.8) is 0 Å². The molecule has 1 unspecified atom stereocenters. The number of morpholine rings is 1. The lowest BCUT2D eigenvalue weighted by molar-refractivity contribution is -0.125. The highest BCUT2D eigenvalue weighted by Gasteiger charge is 2.35. The summed E-state index contributed by atoms with van der Waals surface area (Å²) in [5, 5.41) is 16.0. The van der Waals surface area contributed by atoms with Crippen LogP contribution in [-0.4, -0.2) is 49.0 Å². The molecule has 1 saturated carbocycles. The van der Waals surface area contributed by atoms with Crippen LogP contribution in [0.2, 0.25) is 0 Å². The minimum Gasteiger partial charge on any atom is -0.394 e. The Hall–Kier alpha value is -0.650. The molecule has 1 amide bonds. The standard InChI is InChI=1S/C14H26N2O3/c1-11-2-4-14(10-17,5-3-11)16-13(18)8-12-9-19-7-6-15-12/h11-12,15,17H,2-10H2,1H3,(H,16,18). The highest BCUT2D eigenvalue weighted by molar-refractivity contribution is 5.77. The molecule has 0 aromatic heterocycles. The zero-order valence-electron chi connectivity index (χ0n) is 11.8. The number of ether oxygens (including phenoxy) is 1. The summed E-state index contributed by atoms with van der Waals surface area (Å²) < 4.78 is 5.35. The van der Waals surface area contributed by atoms with Gasteiger partial charge < -0.3 is 20.5 Å². The van der Waals surface area contributed by atoms with E-state index >= 15 is 0 Å². The first-order chi connectivity index (χ1) is 9.13. The Balaban J connectivity index is 1.82. The Kier molecular flexibility index (Phi) is 5.19. The average molecular weight is 270 g/mol. The second-order valence-electron chi connectivity index (χ2n) is 6.10. The number of carbonyl (C=O) groups excluding carboxylic acids is 1. The van der Waals surface area contributed by atoms with E-state index in [1.807, 2.05) is 0 Å². The molecule has 1 heterocycles. The van der Waals surface area contributed by atoms with Gasteiger partial charge in [0.15, 0.2) is 0 Å². The molecule has 3 N–H and O–H groups in total. The third-order valence-corrected chi connectivity index (χ3v) is 4.37. The van der Waals surface area contributed by atoms with Crippen LogP contribution in [0.5, 0.6) is 0 Å². The number of aliphatic hydroxyl groups excluding tert-OH is 1. The Morgan fingerprint density at radius 2 is 2.21 bits per heavy atom. The van der Waals surface area contributed by atoms with Gasteiger partial charge in [-0.2, -0.15) is 0 Å². The summed E-state index contributed by atoms with van der Waals surface area (Å²) >= 11 is 0. The van der Waals surface area contributed by atoms with E-state index < -0.39 is 0 Å². The maximum absolute atomic E-state index is 12.1. The molecule has 2 aliphatic rings. The van der Waals surface area contributed by atoms with E-state index in [0.29, 0.717) is 18.9 Å². The number of aliphatic hydroxyl groups is 1. The fourth-order valence-corrected chi connectivity index (χ4v) is 2.96. The Morgan fingerprint density at radius 1 is 1.47 bits per heavy atom. The molecule has 0 spiro atoms. The van der Waals surface area contributed by atoms with E-state index in [1.54, 1.807) is 0 Å². The first kappa shape index (κ1) is 14.8. The first-order valence-electron chi connectivity index (χ1n) is 7.36. The summed E-state index contributed by atoms with van der Waals surface area (Å²) in [6, 6.07) is 0.104. The Bertz CT molecular complexity index is 295. The van der Waals surface area contributed by atoms with Crippen LogP contribution in [0.1, 0.15) is 39.0 Å². The number of hydrogen-bond acceptors (Lipinski definition) is 4.